The van der Waals surface area contributed by atoms with Gasteiger partial charge in [0.1, 0.15) is 19.3 Å². The Kier molecular flexibility index (Phi) is 68.7. The van der Waals surface area contributed by atoms with Gasteiger partial charge in [0.05, 0.1) is 26.4 Å². The molecule has 0 aromatic rings. The van der Waals surface area contributed by atoms with Gasteiger partial charge < -0.3 is 33.8 Å². The summed E-state index contributed by atoms with van der Waals surface area (Å²) in [5.74, 6) is 0.938. The molecule has 0 amide bonds. The number of aliphatic hydroxyl groups is 1. The zero-order chi connectivity index (χ0) is 73.8. The number of unbranched alkanes of at least 4 members (excludes halogenated alkanes) is 44. The van der Waals surface area contributed by atoms with E-state index in [9.17, 15) is 43.2 Å². The first-order valence-corrected chi connectivity index (χ1v) is 44.7. The molecule has 0 spiro atoms. The van der Waals surface area contributed by atoms with Gasteiger partial charge in [-0.15, -0.1) is 0 Å². The molecule has 17 nitrogen and oxygen atoms in total. The number of phosphoric acid groups is 2. The van der Waals surface area contributed by atoms with E-state index in [1.165, 1.54) is 212 Å². The predicted octanol–water partition coefficient (Wildman–Crippen LogP) is 24.0. The molecule has 0 aromatic carbocycles. The molecule has 0 aliphatic rings. The van der Waals surface area contributed by atoms with Gasteiger partial charge in [-0.1, -0.05) is 364 Å². The quantitative estimate of drug-likeness (QED) is 0.0222. The van der Waals surface area contributed by atoms with E-state index >= 15 is 0 Å². The van der Waals surface area contributed by atoms with Crippen LogP contribution >= 0.6 is 15.6 Å². The SMILES string of the molecule is CC(C)CCCCCCCCCCCCCCCCCCCCC(=O)OC[C@H](COP(=O)(O)OC[C@@H](O)COP(=O)(O)OC[C@@H](COC(=O)CCCCCCCCC(C)C)OC(=O)CCCCCCCCCCCCCC(C)C)OC(=O)CCCCCCCCCCCCCCCC(C)C. The number of carbonyl (C=O) groups excluding carboxylic acids is 4. The fourth-order valence-corrected chi connectivity index (χ4v) is 14.0. The zero-order valence-corrected chi connectivity index (χ0v) is 67.6. The number of hydrogen-bond donors (Lipinski definition) is 3. The molecule has 0 saturated carbocycles. The van der Waals surface area contributed by atoms with Crippen molar-refractivity contribution in [3.05, 3.63) is 0 Å². The summed E-state index contributed by atoms with van der Waals surface area (Å²) in [4.78, 5) is 73.0. The molecular formula is C81H158O17P2. The van der Waals surface area contributed by atoms with Gasteiger partial charge in [-0.05, 0) is 49.4 Å². The van der Waals surface area contributed by atoms with Crippen molar-refractivity contribution in [1.82, 2.24) is 0 Å². The van der Waals surface area contributed by atoms with Gasteiger partial charge in [-0.2, -0.15) is 0 Å². The summed E-state index contributed by atoms with van der Waals surface area (Å²) in [6, 6.07) is 0. The third-order valence-electron chi connectivity index (χ3n) is 18.8. The van der Waals surface area contributed by atoms with Gasteiger partial charge in [0, 0.05) is 25.7 Å². The molecule has 2 unspecified atom stereocenters. The minimum absolute atomic E-state index is 0.105. The lowest BCUT2D eigenvalue weighted by atomic mass is 10.0. The van der Waals surface area contributed by atoms with E-state index in [2.05, 4.69) is 55.4 Å². The van der Waals surface area contributed by atoms with Crippen molar-refractivity contribution < 1.29 is 80.2 Å². The maximum Gasteiger partial charge on any atom is 0.472 e. The fraction of sp³-hybridized carbons (Fsp3) is 0.951. The Morgan fingerprint density at radius 1 is 0.250 bits per heavy atom. The Balaban J connectivity index is 5.20. The summed E-state index contributed by atoms with van der Waals surface area (Å²) in [6.45, 7) is 14.2. The van der Waals surface area contributed by atoms with E-state index < -0.39 is 97.5 Å². The summed E-state index contributed by atoms with van der Waals surface area (Å²) in [5.41, 5.74) is 0. The Morgan fingerprint density at radius 2 is 0.420 bits per heavy atom. The molecule has 0 radical (unpaired) electrons. The summed E-state index contributed by atoms with van der Waals surface area (Å²) in [7, 11) is -9.92. The molecule has 3 N–H and O–H groups in total. The predicted molar refractivity (Wildman–Crippen MR) is 409 cm³/mol. The number of carbonyl (C=O) groups is 4. The lowest BCUT2D eigenvalue weighted by Crippen LogP contribution is -2.30. The molecule has 100 heavy (non-hydrogen) atoms. The lowest BCUT2D eigenvalue weighted by Gasteiger charge is -2.21. The second-order valence-corrected chi connectivity index (χ2v) is 34.0. The number of esters is 4. The molecule has 0 aromatic heterocycles. The van der Waals surface area contributed by atoms with Crippen LogP contribution in [0.3, 0.4) is 0 Å². The van der Waals surface area contributed by atoms with E-state index in [1.807, 2.05) is 0 Å². The minimum Gasteiger partial charge on any atom is -0.462 e. The first kappa shape index (κ1) is 98.1. The standard InChI is InChI=1S/C81H158O17P2/c1-71(2)57-49-41-33-27-21-16-13-11-9-10-12-14-18-24-30-36-45-53-61-78(83)91-67-76(97-80(85)63-55-47-37-31-25-19-15-17-22-28-34-42-50-58-72(3)4)69-95-99(87,88)93-65-75(82)66-94-100(89,90)96-70-77(68-92-79(84)62-54-46-40-39-44-52-60-74(7)8)98-81(86)64-56-48-38-32-26-20-23-29-35-43-51-59-73(5)6/h71-77,82H,9-70H2,1-8H3,(H,87,88)(H,89,90)/t75-,76-,77-/m1/s1. The van der Waals surface area contributed by atoms with Crippen LogP contribution in [0.2, 0.25) is 0 Å². The fourth-order valence-electron chi connectivity index (χ4n) is 12.4. The average Bonchev–Trinajstić information content (AvgIpc) is 0.992. The van der Waals surface area contributed by atoms with Crippen LogP contribution in [-0.4, -0.2) is 96.7 Å². The third-order valence-corrected chi connectivity index (χ3v) is 20.7. The first-order chi connectivity index (χ1) is 48.1. The molecule has 0 rings (SSSR count). The van der Waals surface area contributed by atoms with Crippen molar-refractivity contribution >= 4 is 39.5 Å². The van der Waals surface area contributed by atoms with E-state index in [0.29, 0.717) is 31.6 Å². The summed E-state index contributed by atoms with van der Waals surface area (Å²) >= 11 is 0. The maximum atomic E-state index is 13.1. The Hall–Kier alpha value is -1.94. The number of phosphoric ester groups is 2. The number of hydrogen-bond acceptors (Lipinski definition) is 15. The third kappa shape index (κ3) is 74.3. The van der Waals surface area contributed by atoms with E-state index in [1.54, 1.807) is 0 Å². The van der Waals surface area contributed by atoms with Crippen LogP contribution in [0, 0.1) is 23.7 Å². The number of aliphatic hydroxyl groups excluding tert-OH is 1. The van der Waals surface area contributed by atoms with Crippen LogP contribution in [0.15, 0.2) is 0 Å². The van der Waals surface area contributed by atoms with Gasteiger partial charge in [-0.3, -0.25) is 37.3 Å². The van der Waals surface area contributed by atoms with Crippen LogP contribution in [0.1, 0.15) is 415 Å². The van der Waals surface area contributed by atoms with Crippen LogP contribution < -0.4 is 0 Å². The molecular weight excluding hydrogens is 1310 g/mol. The largest absolute Gasteiger partial charge is 0.472 e. The molecule has 0 bridgehead atoms. The van der Waals surface area contributed by atoms with Crippen molar-refractivity contribution in [3.63, 3.8) is 0 Å². The highest BCUT2D eigenvalue weighted by Gasteiger charge is 2.30. The van der Waals surface area contributed by atoms with Crippen molar-refractivity contribution in [2.75, 3.05) is 39.6 Å². The monoisotopic (exact) mass is 1470 g/mol. The van der Waals surface area contributed by atoms with Gasteiger partial charge in [0.15, 0.2) is 12.2 Å². The Bertz CT molecular complexity index is 1950. The number of ether oxygens (including phenoxy) is 4. The van der Waals surface area contributed by atoms with E-state index in [-0.39, 0.29) is 25.7 Å². The zero-order valence-electron chi connectivity index (χ0n) is 65.8. The molecule has 0 aliphatic carbocycles. The molecule has 5 atom stereocenters. The summed E-state index contributed by atoms with van der Waals surface area (Å²) in [6.07, 6.45) is 57.1. The van der Waals surface area contributed by atoms with E-state index in [0.717, 1.165) is 114 Å². The van der Waals surface area contributed by atoms with Crippen molar-refractivity contribution in [2.24, 2.45) is 23.7 Å². The van der Waals surface area contributed by atoms with Crippen LogP contribution in [0.5, 0.6) is 0 Å². The summed E-state index contributed by atoms with van der Waals surface area (Å²) in [5, 5.41) is 10.6. The van der Waals surface area contributed by atoms with Gasteiger partial charge in [0.2, 0.25) is 0 Å². The molecule has 0 heterocycles. The van der Waals surface area contributed by atoms with Gasteiger partial charge in [-0.25, -0.2) is 9.13 Å². The Morgan fingerprint density at radius 3 is 0.620 bits per heavy atom. The van der Waals surface area contributed by atoms with E-state index in [4.69, 9.17) is 37.0 Å². The molecule has 0 fully saturated rings. The summed E-state index contributed by atoms with van der Waals surface area (Å²) < 4.78 is 68.7. The first-order valence-electron chi connectivity index (χ1n) is 41.7. The normalized spacial score (nSPS) is 14.0. The Labute approximate surface area is 613 Å². The lowest BCUT2D eigenvalue weighted by molar-refractivity contribution is -0.161. The second kappa shape index (κ2) is 70.1. The molecule has 0 aliphatic heterocycles. The average molecular weight is 1470 g/mol. The van der Waals surface area contributed by atoms with Crippen LogP contribution in [0.25, 0.3) is 0 Å². The molecule has 0 saturated heterocycles. The smallest absolute Gasteiger partial charge is 0.462 e. The number of rotatable bonds is 78. The highest BCUT2D eigenvalue weighted by Crippen LogP contribution is 2.45. The van der Waals surface area contributed by atoms with Crippen molar-refractivity contribution in [2.45, 2.75) is 433 Å². The van der Waals surface area contributed by atoms with Crippen LogP contribution in [0.4, 0.5) is 0 Å². The minimum atomic E-state index is -4.96. The molecule has 594 valence electrons. The van der Waals surface area contributed by atoms with Crippen LogP contribution in [-0.2, 0) is 65.4 Å². The maximum absolute atomic E-state index is 13.1. The highest BCUT2D eigenvalue weighted by atomic mass is 31.2. The topological polar surface area (TPSA) is 237 Å². The van der Waals surface area contributed by atoms with Crippen molar-refractivity contribution in [1.29, 1.82) is 0 Å². The molecule has 19 heteroatoms. The highest BCUT2D eigenvalue weighted by molar-refractivity contribution is 7.47. The second-order valence-electron chi connectivity index (χ2n) is 31.1. The van der Waals surface area contributed by atoms with Gasteiger partial charge in [0.25, 0.3) is 0 Å². The van der Waals surface area contributed by atoms with Crippen molar-refractivity contribution in [3.8, 4) is 0 Å². The van der Waals surface area contributed by atoms with Gasteiger partial charge >= 0.3 is 39.5 Å².